The van der Waals surface area contributed by atoms with Crippen LogP contribution in [-0.2, 0) is 0 Å². The lowest BCUT2D eigenvalue weighted by molar-refractivity contribution is 0.0408. The van der Waals surface area contributed by atoms with Crippen molar-refractivity contribution in [2.45, 2.75) is 31.4 Å². The molecule has 0 unspecified atom stereocenters. The number of nitrogens with two attached hydrogens (primary N) is 1. The molecular formula is C12H16ClNO2. The van der Waals surface area contributed by atoms with Gasteiger partial charge < -0.3 is 15.9 Å². The summed E-state index contributed by atoms with van der Waals surface area (Å²) >= 11 is 5.80. The van der Waals surface area contributed by atoms with Gasteiger partial charge in [0.05, 0.1) is 17.2 Å². The Labute approximate surface area is 99.8 Å². The zero-order valence-electron chi connectivity index (χ0n) is 8.94. The maximum Gasteiger partial charge on any atom is 0.139 e. The molecule has 0 radical (unpaired) electrons. The van der Waals surface area contributed by atoms with Gasteiger partial charge >= 0.3 is 0 Å². The van der Waals surface area contributed by atoms with Gasteiger partial charge in [0.25, 0.3) is 0 Å². The van der Waals surface area contributed by atoms with Gasteiger partial charge in [0.1, 0.15) is 5.75 Å². The molecule has 4 N–H and O–H groups in total. The number of para-hydroxylation sites is 1. The number of phenolic OH excluding ortho intramolecular Hbond substituents is 1. The van der Waals surface area contributed by atoms with Crippen molar-refractivity contribution in [3.05, 3.63) is 28.8 Å². The van der Waals surface area contributed by atoms with Crippen LogP contribution in [-0.4, -0.2) is 16.3 Å². The second-order valence-electron chi connectivity index (χ2n) is 4.39. The maximum atomic E-state index is 10.0. The average molecular weight is 242 g/mol. The van der Waals surface area contributed by atoms with E-state index in [4.69, 9.17) is 17.3 Å². The van der Waals surface area contributed by atoms with Gasteiger partial charge in [-0.15, -0.1) is 0 Å². The number of benzene rings is 1. The fourth-order valence-corrected chi connectivity index (χ4v) is 2.24. The Morgan fingerprint density at radius 1 is 1.38 bits per heavy atom. The molecule has 3 nitrogen and oxygen atoms in total. The highest BCUT2D eigenvalue weighted by atomic mass is 35.5. The summed E-state index contributed by atoms with van der Waals surface area (Å²) < 4.78 is 0. The Morgan fingerprint density at radius 3 is 2.62 bits per heavy atom. The molecule has 16 heavy (non-hydrogen) atoms. The molecule has 1 aliphatic rings. The standard InChI is InChI=1S/C12H16ClNO2/c13-9-6-2-5-8(12(9)16)10(14)11(15)7-3-1-4-7/h2,5-7,10-11,15-16H,1,3-4,14H2/t10-,11+/m0/s1. The van der Waals surface area contributed by atoms with Crippen LogP contribution in [0.3, 0.4) is 0 Å². The molecule has 88 valence electrons. The summed E-state index contributed by atoms with van der Waals surface area (Å²) in [6.07, 6.45) is 2.57. The molecule has 1 aromatic carbocycles. The lowest BCUT2D eigenvalue weighted by atomic mass is 9.77. The number of halogens is 1. The highest BCUT2D eigenvalue weighted by Crippen LogP contribution is 2.38. The summed E-state index contributed by atoms with van der Waals surface area (Å²) in [7, 11) is 0. The number of aliphatic hydroxyl groups excluding tert-OH is 1. The lowest BCUT2D eigenvalue weighted by Gasteiger charge is -2.34. The van der Waals surface area contributed by atoms with E-state index in [1.54, 1.807) is 18.2 Å². The zero-order chi connectivity index (χ0) is 11.7. The summed E-state index contributed by atoms with van der Waals surface area (Å²) in [6.45, 7) is 0. The Bertz CT molecular complexity index is 379. The molecule has 0 spiro atoms. The number of aliphatic hydroxyl groups is 1. The Balaban J connectivity index is 2.19. The molecule has 0 saturated heterocycles. The molecule has 0 bridgehead atoms. The van der Waals surface area contributed by atoms with Gasteiger partial charge in [-0.3, -0.25) is 0 Å². The number of hydrogen-bond donors (Lipinski definition) is 3. The molecule has 1 fully saturated rings. The van der Waals surface area contributed by atoms with Crippen molar-refractivity contribution >= 4 is 11.6 Å². The van der Waals surface area contributed by atoms with Crippen molar-refractivity contribution in [3.8, 4) is 5.75 Å². The molecule has 0 amide bonds. The van der Waals surface area contributed by atoms with E-state index in [9.17, 15) is 10.2 Å². The predicted octanol–water partition coefficient (Wildman–Crippen LogP) is 2.21. The Hall–Kier alpha value is -0.770. The number of hydrogen-bond acceptors (Lipinski definition) is 3. The van der Waals surface area contributed by atoms with Gasteiger partial charge in [-0.25, -0.2) is 0 Å². The normalized spacial score (nSPS) is 20.2. The molecule has 1 saturated carbocycles. The first-order valence-electron chi connectivity index (χ1n) is 5.52. The second-order valence-corrected chi connectivity index (χ2v) is 4.79. The first-order valence-corrected chi connectivity index (χ1v) is 5.90. The molecule has 2 rings (SSSR count). The minimum atomic E-state index is -0.599. The van der Waals surface area contributed by atoms with Crippen molar-refractivity contribution in [2.24, 2.45) is 11.7 Å². The number of phenols is 1. The molecule has 0 aliphatic heterocycles. The molecule has 0 heterocycles. The van der Waals surface area contributed by atoms with Gasteiger partial charge in [-0.2, -0.15) is 0 Å². The quantitative estimate of drug-likeness (QED) is 0.760. The third-order valence-corrected chi connectivity index (χ3v) is 3.68. The van der Waals surface area contributed by atoms with Crippen LogP contribution in [0.5, 0.6) is 5.75 Å². The Kier molecular flexibility index (Phi) is 3.38. The molecular weight excluding hydrogens is 226 g/mol. The first kappa shape index (κ1) is 11.7. The van der Waals surface area contributed by atoms with E-state index in [1.807, 2.05) is 0 Å². The van der Waals surface area contributed by atoms with E-state index in [0.717, 1.165) is 19.3 Å². The van der Waals surface area contributed by atoms with E-state index in [1.165, 1.54) is 0 Å². The van der Waals surface area contributed by atoms with Crippen LogP contribution in [0.2, 0.25) is 5.02 Å². The topological polar surface area (TPSA) is 66.5 Å². The van der Waals surface area contributed by atoms with Crippen LogP contribution in [0.15, 0.2) is 18.2 Å². The van der Waals surface area contributed by atoms with Gasteiger partial charge in [0.15, 0.2) is 0 Å². The van der Waals surface area contributed by atoms with E-state index in [-0.39, 0.29) is 16.7 Å². The van der Waals surface area contributed by atoms with Crippen LogP contribution in [0.4, 0.5) is 0 Å². The summed E-state index contributed by atoms with van der Waals surface area (Å²) in [5.74, 6) is 0.239. The summed E-state index contributed by atoms with van der Waals surface area (Å²) in [5.41, 5.74) is 6.47. The van der Waals surface area contributed by atoms with Gasteiger partial charge in [-0.05, 0) is 24.8 Å². The SMILES string of the molecule is N[C@@H](c1cccc(Cl)c1O)[C@H](O)C1CCC1. The third kappa shape index (κ3) is 2.03. The van der Waals surface area contributed by atoms with Crippen molar-refractivity contribution in [1.29, 1.82) is 0 Å². The summed E-state index contributed by atoms with van der Waals surface area (Å²) in [6, 6.07) is 4.46. The molecule has 2 atom stereocenters. The van der Waals surface area contributed by atoms with E-state index < -0.39 is 12.1 Å². The van der Waals surface area contributed by atoms with E-state index in [0.29, 0.717) is 5.56 Å². The fourth-order valence-electron chi connectivity index (χ4n) is 2.06. The summed E-state index contributed by atoms with van der Waals surface area (Å²) in [4.78, 5) is 0. The van der Waals surface area contributed by atoms with Crippen LogP contribution >= 0.6 is 11.6 Å². The van der Waals surface area contributed by atoms with Crippen molar-refractivity contribution in [3.63, 3.8) is 0 Å². The molecule has 1 aromatic rings. The average Bonchev–Trinajstić information content (AvgIpc) is 2.18. The zero-order valence-corrected chi connectivity index (χ0v) is 9.69. The first-order chi connectivity index (χ1) is 7.61. The van der Waals surface area contributed by atoms with Crippen LogP contribution in [0.25, 0.3) is 0 Å². The van der Waals surface area contributed by atoms with Crippen LogP contribution in [0.1, 0.15) is 30.9 Å². The van der Waals surface area contributed by atoms with Gasteiger partial charge in [0, 0.05) is 5.56 Å². The fraction of sp³-hybridized carbons (Fsp3) is 0.500. The molecule has 0 aromatic heterocycles. The maximum absolute atomic E-state index is 10.0. The Morgan fingerprint density at radius 2 is 2.06 bits per heavy atom. The minimum Gasteiger partial charge on any atom is -0.506 e. The van der Waals surface area contributed by atoms with Crippen LogP contribution < -0.4 is 5.73 Å². The van der Waals surface area contributed by atoms with Gasteiger partial charge in [-0.1, -0.05) is 30.2 Å². The largest absolute Gasteiger partial charge is 0.506 e. The highest BCUT2D eigenvalue weighted by Gasteiger charge is 2.31. The lowest BCUT2D eigenvalue weighted by Crippen LogP contribution is -2.36. The van der Waals surface area contributed by atoms with Crippen LogP contribution in [0, 0.1) is 5.92 Å². The minimum absolute atomic E-state index is 0.0185. The number of rotatable bonds is 3. The predicted molar refractivity (Wildman–Crippen MR) is 63.4 cm³/mol. The highest BCUT2D eigenvalue weighted by molar-refractivity contribution is 6.32. The van der Waals surface area contributed by atoms with Crippen molar-refractivity contribution < 1.29 is 10.2 Å². The monoisotopic (exact) mass is 241 g/mol. The number of aromatic hydroxyl groups is 1. The molecule has 4 heteroatoms. The van der Waals surface area contributed by atoms with Gasteiger partial charge in [0.2, 0.25) is 0 Å². The smallest absolute Gasteiger partial charge is 0.139 e. The second kappa shape index (κ2) is 4.62. The third-order valence-electron chi connectivity index (χ3n) is 3.38. The summed E-state index contributed by atoms with van der Waals surface area (Å²) in [5, 5.41) is 20.1. The van der Waals surface area contributed by atoms with E-state index in [2.05, 4.69) is 0 Å². The van der Waals surface area contributed by atoms with Crippen molar-refractivity contribution in [1.82, 2.24) is 0 Å². The van der Waals surface area contributed by atoms with Crippen molar-refractivity contribution in [2.75, 3.05) is 0 Å². The van der Waals surface area contributed by atoms with E-state index >= 15 is 0 Å². The molecule has 1 aliphatic carbocycles.